The maximum absolute atomic E-state index is 8.15. The Bertz CT molecular complexity index is 141. The first-order chi connectivity index (χ1) is 5.29. The minimum absolute atomic E-state index is 0.241. The Balaban J connectivity index is 4.08. The minimum atomic E-state index is -0.434. The second-order valence-electron chi connectivity index (χ2n) is 2.02. The van der Waals surface area contributed by atoms with Crippen molar-refractivity contribution in [3.8, 4) is 0 Å². The number of hydrogen-bond acceptors (Lipinski definition) is 3. The molecule has 5 heteroatoms. The van der Waals surface area contributed by atoms with E-state index >= 15 is 0 Å². The van der Waals surface area contributed by atoms with Gasteiger partial charge in [-0.15, -0.1) is 0 Å². The van der Waals surface area contributed by atoms with E-state index in [1.807, 2.05) is 6.92 Å². The summed E-state index contributed by atoms with van der Waals surface area (Å²) in [6.45, 7) is 1.91. The van der Waals surface area contributed by atoms with Crippen LogP contribution < -0.4 is 0 Å². The standard InChI is InChI=1S/C6H13N3O2/c1-4-5(8-9-7)6(10-2)11-3/h5-6H,4H2,1-3H3. The second-order valence-corrected chi connectivity index (χ2v) is 2.02. The van der Waals surface area contributed by atoms with Crippen LogP contribution >= 0.6 is 0 Å². The normalized spacial score (nSPS) is 12.7. The molecule has 0 aliphatic heterocycles. The first-order valence-electron chi connectivity index (χ1n) is 3.39. The molecular weight excluding hydrogens is 146 g/mol. The smallest absolute Gasteiger partial charge is 0.165 e. The summed E-state index contributed by atoms with van der Waals surface area (Å²) < 4.78 is 9.84. The SMILES string of the molecule is CCC(N=[N+]=[N-])C(OC)OC. The van der Waals surface area contributed by atoms with E-state index in [1.54, 1.807) is 0 Å². The van der Waals surface area contributed by atoms with E-state index in [0.29, 0.717) is 6.42 Å². The molecular formula is C6H13N3O2. The van der Waals surface area contributed by atoms with E-state index < -0.39 is 6.29 Å². The van der Waals surface area contributed by atoms with Crippen molar-refractivity contribution in [3.05, 3.63) is 10.4 Å². The third kappa shape index (κ3) is 3.23. The van der Waals surface area contributed by atoms with E-state index in [2.05, 4.69) is 10.0 Å². The van der Waals surface area contributed by atoms with Crippen molar-refractivity contribution in [1.82, 2.24) is 0 Å². The maximum Gasteiger partial charge on any atom is 0.165 e. The Morgan fingerprint density at radius 3 is 2.27 bits per heavy atom. The van der Waals surface area contributed by atoms with Gasteiger partial charge in [-0.25, -0.2) is 0 Å². The average molecular weight is 159 g/mol. The zero-order chi connectivity index (χ0) is 8.69. The molecule has 0 heterocycles. The summed E-state index contributed by atoms with van der Waals surface area (Å²) >= 11 is 0. The number of azide groups is 1. The molecule has 0 radical (unpaired) electrons. The molecule has 0 rings (SSSR count). The van der Waals surface area contributed by atoms with Gasteiger partial charge in [0.05, 0.1) is 6.04 Å². The highest BCUT2D eigenvalue weighted by molar-refractivity contribution is 4.68. The van der Waals surface area contributed by atoms with Crippen molar-refractivity contribution < 1.29 is 9.47 Å². The molecule has 0 aliphatic rings. The molecule has 0 saturated carbocycles. The molecule has 0 aromatic carbocycles. The number of nitrogens with zero attached hydrogens (tertiary/aromatic N) is 3. The predicted molar refractivity (Wildman–Crippen MR) is 41.0 cm³/mol. The van der Waals surface area contributed by atoms with Crippen LogP contribution in [0.4, 0.5) is 0 Å². The second kappa shape index (κ2) is 5.97. The van der Waals surface area contributed by atoms with E-state index in [-0.39, 0.29) is 6.04 Å². The fourth-order valence-electron chi connectivity index (χ4n) is 0.805. The van der Waals surface area contributed by atoms with Gasteiger partial charge >= 0.3 is 0 Å². The van der Waals surface area contributed by atoms with Gasteiger partial charge in [-0.3, -0.25) is 0 Å². The molecule has 0 bridgehead atoms. The molecule has 0 aromatic rings. The maximum atomic E-state index is 8.15. The Hall–Kier alpha value is -0.770. The van der Waals surface area contributed by atoms with Crippen molar-refractivity contribution in [2.24, 2.45) is 5.11 Å². The number of rotatable bonds is 5. The quantitative estimate of drug-likeness (QED) is 0.265. The molecule has 0 aromatic heterocycles. The molecule has 0 saturated heterocycles. The molecule has 0 amide bonds. The Morgan fingerprint density at radius 1 is 1.45 bits per heavy atom. The summed E-state index contributed by atoms with van der Waals surface area (Å²) in [4.78, 5) is 2.69. The molecule has 1 atom stereocenters. The fraction of sp³-hybridized carbons (Fsp3) is 1.00. The topological polar surface area (TPSA) is 67.2 Å². The molecule has 11 heavy (non-hydrogen) atoms. The van der Waals surface area contributed by atoms with Crippen LogP contribution in [0.2, 0.25) is 0 Å². The van der Waals surface area contributed by atoms with Crippen LogP contribution in [-0.2, 0) is 9.47 Å². The molecule has 0 N–H and O–H groups in total. The zero-order valence-corrected chi connectivity index (χ0v) is 7.02. The van der Waals surface area contributed by atoms with E-state index in [1.165, 1.54) is 14.2 Å². The fourth-order valence-corrected chi connectivity index (χ4v) is 0.805. The molecule has 0 spiro atoms. The summed E-state index contributed by atoms with van der Waals surface area (Å²) in [6.07, 6.45) is 0.270. The highest BCUT2D eigenvalue weighted by atomic mass is 16.7. The van der Waals surface area contributed by atoms with Gasteiger partial charge in [0.1, 0.15) is 0 Å². The zero-order valence-electron chi connectivity index (χ0n) is 7.02. The summed E-state index contributed by atoms with van der Waals surface area (Å²) in [5.74, 6) is 0. The monoisotopic (exact) mass is 159 g/mol. The van der Waals surface area contributed by atoms with Gasteiger partial charge in [-0.05, 0) is 12.0 Å². The van der Waals surface area contributed by atoms with Crippen molar-refractivity contribution >= 4 is 0 Å². The third-order valence-corrected chi connectivity index (χ3v) is 1.40. The molecule has 0 aliphatic carbocycles. The molecule has 5 nitrogen and oxygen atoms in total. The van der Waals surface area contributed by atoms with E-state index in [0.717, 1.165) is 0 Å². The Labute approximate surface area is 65.9 Å². The Kier molecular flexibility index (Phi) is 5.56. The number of ether oxygens (including phenoxy) is 2. The molecule has 0 fully saturated rings. The third-order valence-electron chi connectivity index (χ3n) is 1.40. The highest BCUT2D eigenvalue weighted by Gasteiger charge is 2.16. The lowest BCUT2D eigenvalue weighted by Gasteiger charge is -2.18. The van der Waals surface area contributed by atoms with Crippen molar-refractivity contribution in [2.75, 3.05) is 14.2 Å². The summed E-state index contributed by atoms with van der Waals surface area (Å²) in [7, 11) is 3.04. The van der Waals surface area contributed by atoms with Gasteiger partial charge in [0.25, 0.3) is 0 Å². The lowest BCUT2D eigenvalue weighted by molar-refractivity contribution is -0.116. The van der Waals surface area contributed by atoms with Gasteiger partial charge in [0, 0.05) is 19.1 Å². The molecule has 64 valence electrons. The minimum Gasteiger partial charge on any atom is -0.355 e. The van der Waals surface area contributed by atoms with Crippen LogP contribution in [0, 0.1) is 0 Å². The lowest BCUT2D eigenvalue weighted by atomic mass is 10.2. The van der Waals surface area contributed by atoms with Gasteiger partial charge in [-0.1, -0.05) is 12.0 Å². The van der Waals surface area contributed by atoms with Crippen LogP contribution in [0.5, 0.6) is 0 Å². The summed E-state index contributed by atoms with van der Waals surface area (Å²) in [5.41, 5.74) is 8.15. The van der Waals surface area contributed by atoms with Gasteiger partial charge < -0.3 is 9.47 Å². The van der Waals surface area contributed by atoms with Crippen molar-refractivity contribution in [2.45, 2.75) is 25.7 Å². The summed E-state index contributed by atoms with van der Waals surface area (Å²) in [5, 5.41) is 3.52. The number of methoxy groups -OCH3 is 2. The lowest BCUT2D eigenvalue weighted by Crippen LogP contribution is -2.27. The van der Waals surface area contributed by atoms with Crippen LogP contribution in [0.1, 0.15) is 13.3 Å². The van der Waals surface area contributed by atoms with Crippen molar-refractivity contribution in [1.29, 1.82) is 0 Å². The van der Waals surface area contributed by atoms with E-state index in [4.69, 9.17) is 15.0 Å². The predicted octanol–water partition coefficient (Wildman–Crippen LogP) is 1.69. The van der Waals surface area contributed by atoms with Gasteiger partial charge in [0.2, 0.25) is 0 Å². The van der Waals surface area contributed by atoms with Crippen LogP contribution in [0.3, 0.4) is 0 Å². The average Bonchev–Trinajstić information content (AvgIpc) is 2.05. The largest absolute Gasteiger partial charge is 0.355 e. The highest BCUT2D eigenvalue weighted by Crippen LogP contribution is 2.07. The molecule has 1 unspecified atom stereocenters. The summed E-state index contributed by atoms with van der Waals surface area (Å²) in [6, 6.07) is -0.241. The number of hydrogen-bond donors (Lipinski definition) is 0. The van der Waals surface area contributed by atoms with E-state index in [9.17, 15) is 0 Å². The van der Waals surface area contributed by atoms with Gasteiger partial charge in [-0.2, -0.15) is 0 Å². The first-order valence-corrected chi connectivity index (χ1v) is 3.39. The first kappa shape index (κ1) is 10.2. The Morgan fingerprint density at radius 2 is 2.00 bits per heavy atom. The van der Waals surface area contributed by atoms with Crippen LogP contribution in [-0.4, -0.2) is 26.6 Å². The van der Waals surface area contributed by atoms with Gasteiger partial charge in [0.15, 0.2) is 6.29 Å². The van der Waals surface area contributed by atoms with Crippen molar-refractivity contribution in [3.63, 3.8) is 0 Å². The van der Waals surface area contributed by atoms with Crippen LogP contribution in [0.25, 0.3) is 10.4 Å². The van der Waals surface area contributed by atoms with Crippen LogP contribution in [0.15, 0.2) is 5.11 Å².